The molecule has 1 aliphatic heterocycles. The first-order valence-corrected chi connectivity index (χ1v) is 7.72. The molecule has 1 unspecified atom stereocenters. The lowest BCUT2D eigenvalue weighted by atomic mass is 9.90. The number of carboxylic acid groups (broad SMARTS) is 1. The van der Waals surface area contributed by atoms with Gasteiger partial charge in [0.2, 0.25) is 0 Å². The molecule has 1 heterocycles. The van der Waals surface area contributed by atoms with Gasteiger partial charge in [0.15, 0.2) is 0 Å². The van der Waals surface area contributed by atoms with Crippen LogP contribution in [0.2, 0.25) is 5.02 Å². The molecular weight excluding hydrogens is 290 g/mol. The van der Waals surface area contributed by atoms with Gasteiger partial charge < -0.3 is 9.84 Å². The van der Waals surface area contributed by atoms with E-state index in [0.29, 0.717) is 30.2 Å². The summed E-state index contributed by atoms with van der Waals surface area (Å²) < 4.78 is 5.37. The molecule has 0 radical (unpaired) electrons. The number of carbonyl (C=O) groups is 1. The molecule has 1 aromatic carbocycles. The molecule has 0 aromatic heterocycles. The van der Waals surface area contributed by atoms with Crippen molar-refractivity contribution < 1.29 is 14.6 Å². The van der Waals surface area contributed by atoms with Gasteiger partial charge in [0.1, 0.15) is 11.3 Å². The summed E-state index contributed by atoms with van der Waals surface area (Å²) in [5.41, 5.74) is 0.101. The van der Waals surface area contributed by atoms with Crippen molar-refractivity contribution in [3.05, 3.63) is 28.8 Å². The minimum absolute atomic E-state index is 0.509. The first-order valence-electron chi connectivity index (χ1n) is 7.35. The number of benzene rings is 1. The third-order valence-corrected chi connectivity index (χ3v) is 4.68. The molecule has 0 saturated carbocycles. The Morgan fingerprint density at radius 1 is 1.52 bits per heavy atom. The van der Waals surface area contributed by atoms with Crippen LogP contribution in [0.3, 0.4) is 0 Å². The second-order valence-corrected chi connectivity index (χ2v) is 5.94. The molecule has 1 N–H and O–H groups in total. The van der Waals surface area contributed by atoms with Crippen LogP contribution in [0.1, 0.15) is 38.2 Å². The molecule has 1 saturated heterocycles. The summed E-state index contributed by atoms with van der Waals surface area (Å²) in [7, 11) is 1.61. The molecule has 1 fully saturated rings. The number of ether oxygens (including phenoxy) is 1. The highest BCUT2D eigenvalue weighted by Crippen LogP contribution is 2.38. The highest BCUT2D eigenvalue weighted by molar-refractivity contribution is 6.31. The van der Waals surface area contributed by atoms with Crippen LogP contribution in [0, 0.1) is 0 Å². The van der Waals surface area contributed by atoms with Crippen LogP contribution in [-0.2, 0) is 11.3 Å². The summed E-state index contributed by atoms with van der Waals surface area (Å²) in [6, 6.07) is 5.52. The highest BCUT2D eigenvalue weighted by Gasteiger charge is 2.46. The second-order valence-electron chi connectivity index (χ2n) is 5.53. The van der Waals surface area contributed by atoms with Gasteiger partial charge >= 0.3 is 5.97 Å². The van der Waals surface area contributed by atoms with Crippen molar-refractivity contribution >= 4 is 17.6 Å². The van der Waals surface area contributed by atoms with Crippen molar-refractivity contribution in [3.63, 3.8) is 0 Å². The lowest BCUT2D eigenvalue weighted by molar-refractivity contribution is -0.150. The Hall–Kier alpha value is -1.26. The van der Waals surface area contributed by atoms with Gasteiger partial charge in [-0.05, 0) is 37.9 Å². The first-order chi connectivity index (χ1) is 10.0. The van der Waals surface area contributed by atoms with Gasteiger partial charge in [-0.3, -0.25) is 9.69 Å². The van der Waals surface area contributed by atoms with Gasteiger partial charge in [0, 0.05) is 17.1 Å². The molecule has 5 heteroatoms. The van der Waals surface area contributed by atoms with E-state index < -0.39 is 11.5 Å². The summed E-state index contributed by atoms with van der Waals surface area (Å²) in [5, 5.41) is 10.4. The maximum absolute atomic E-state index is 11.8. The van der Waals surface area contributed by atoms with Crippen LogP contribution in [0.15, 0.2) is 18.2 Å². The maximum Gasteiger partial charge on any atom is 0.324 e. The van der Waals surface area contributed by atoms with Crippen molar-refractivity contribution in [2.45, 2.75) is 44.7 Å². The average molecular weight is 312 g/mol. The van der Waals surface area contributed by atoms with Crippen molar-refractivity contribution in [2.24, 2.45) is 0 Å². The largest absolute Gasteiger partial charge is 0.496 e. The molecule has 21 heavy (non-hydrogen) atoms. The SMILES string of the molecule is CCCC1(C(=O)O)CCCN1Cc1c(Cl)cccc1OC. The number of halogens is 1. The number of rotatable bonds is 6. The predicted octanol–water partition coefficient (Wildman–Crippen LogP) is 3.57. The molecule has 0 amide bonds. The molecule has 1 aliphatic rings. The summed E-state index contributed by atoms with van der Waals surface area (Å²) >= 11 is 6.28. The number of carboxylic acids is 1. The molecule has 0 spiro atoms. The van der Waals surface area contributed by atoms with Gasteiger partial charge in [-0.2, -0.15) is 0 Å². The topological polar surface area (TPSA) is 49.8 Å². The van der Waals surface area contributed by atoms with Crippen LogP contribution in [0.5, 0.6) is 5.75 Å². The van der Waals surface area contributed by atoms with Crippen molar-refractivity contribution in [1.82, 2.24) is 4.90 Å². The van der Waals surface area contributed by atoms with Crippen LogP contribution in [0.25, 0.3) is 0 Å². The number of likely N-dealkylation sites (tertiary alicyclic amines) is 1. The van der Waals surface area contributed by atoms with E-state index in [1.165, 1.54) is 0 Å². The molecule has 1 atom stereocenters. The van der Waals surface area contributed by atoms with E-state index in [1.807, 2.05) is 30.0 Å². The quantitative estimate of drug-likeness (QED) is 0.872. The third kappa shape index (κ3) is 3.01. The summed E-state index contributed by atoms with van der Waals surface area (Å²) in [6.07, 6.45) is 3.11. The molecule has 0 aliphatic carbocycles. The standard InChI is InChI=1S/C16H22ClNO3/c1-3-8-16(15(19)20)9-5-10-18(16)11-12-13(17)6-4-7-14(12)21-2/h4,6-7H,3,5,8-11H2,1-2H3,(H,19,20). The molecule has 116 valence electrons. The maximum atomic E-state index is 11.8. The van der Waals surface area contributed by atoms with E-state index in [-0.39, 0.29) is 0 Å². The highest BCUT2D eigenvalue weighted by atomic mass is 35.5. The smallest absolute Gasteiger partial charge is 0.324 e. The zero-order chi connectivity index (χ0) is 15.5. The van der Waals surface area contributed by atoms with Gasteiger partial charge in [-0.15, -0.1) is 0 Å². The van der Waals surface area contributed by atoms with Crippen LogP contribution < -0.4 is 4.74 Å². The van der Waals surface area contributed by atoms with Gasteiger partial charge in [0.05, 0.1) is 7.11 Å². The average Bonchev–Trinajstić information content (AvgIpc) is 2.85. The zero-order valence-electron chi connectivity index (χ0n) is 12.6. The van der Waals surface area contributed by atoms with E-state index >= 15 is 0 Å². The fourth-order valence-corrected chi connectivity index (χ4v) is 3.51. The molecule has 0 bridgehead atoms. The number of hydrogen-bond donors (Lipinski definition) is 1. The number of aliphatic carboxylic acids is 1. The van der Waals surface area contributed by atoms with Crippen LogP contribution in [0.4, 0.5) is 0 Å². The Labute approximate surface area is 130 Å². The Bertz CT molecular complexity index is 520. The monoisotopic (exact) mass is 311 g/mol. The van der Waals surface area contributed by atoms with Crippen LogP contribution >= 0.6 is 11.6 Å². The summed E-state index contributed by atoms with van der Waals surface area (Å²) in [6.45, 7) is 3.31. The Balaban J connectivity index is 2.32. The van der Waals surface area contributed by atoms with E-state index in [2.05, 4.69) is 0 Å². The Morgan fingerprint density at radius 2 is 2.29 bits per heavy atom. The minimum atomic E-state index is -0.765. The molecular formula is C16H22ClNO3. The second kappa shape index (κ2) is 6.67. The third-order valence-electron chi connectivity index (χ3n) is 4.33. The zero-order valence-corrected chi connectivity index (χ0v) is 13.3. The molecule has 4 nitrogen and oxygen atoms in total. The van der Waals surface area contributed by atoms with E-state index in [1.54, 1.807) is 7.11 Å². The van der Waals surface area contributed by atoms with Gasteiger partial charge in [-0.1, -0.05) is 31.0 Å². The van der Waals surface area contributed by atoms with E-state index in [9.17, 15) is 9.90 Å². The fraction of sp³-hybridized carbons (Fsp3) is 0.562. The van der Waals surface area contributed by atoms with Crippen molar-refractivity contribution in [1.29, 1.82) is 0 Å². The lowest BCUT2D eigenvalue weighted by Gasteiger charge is -2.35. The Morgan fingerprint density at radius 3 is 2.90 bits per heavy atom. The number of nitrogens with zero attached hydrogens (tertiary/aromatic N) is 1. The summed E-state index contributed by atoms with van der Waals surface area (Å²) in [5.74, 6) is -0.0157. The van der Waals surface area contributed by atoms with Crippen molar-refractivity contribution in [2.75, 3.05) is 13.7 Å². The van der Waals surface area contributed by atoms with E-state index in [4.69, 9.17) is 16.3 Å². The molecule has 1 aromatic rings. The van der Waals surface area contributed by atoms with Crippen molar-refractivity contribution in [3.8, 4) is 5.75 Å². The fourth-order valence-electron chi connectivity index (χ4n) is 3.29. The number of hydrogen-bond acceptors (Lipinski definition) is 3. The molecule has 2 rings (SSSR count). The normalized spacial score (nSPS) is 22.4. The van der Waals surface area contributed by atoms with Gasteiger partial charge in [0.25, 0.3) is 0 Å². The Kier molecular flexibility index (Phi) is 5.12. The predicted molar refractivity (Wildman–Crippen MR) is 82.9 cm³/mol. The van der Waals surface area contributed by atoms with Gasteiger partial charge in [-0.25, -0.2) is 0 Å². The first kappa shape index (κ1) is 16.1. The minimum Gasteiger partial charge on any atom is -0.496 e. The van der Waals surface area contributed by atoms with E-state index in [0.717, 1.165) is 24.9 Å². The summed E-state index contributed by atoms with van der Waals surface area (Å²) in [4.78, 5) is 13.9. The lowest BCUT2D eigenvalue weighted by Crippen LogP contribution is -2.50. The van der Waals surface area contributed by atoms with Crippen LogP contribution in [-0.4, -0.2) is 35.2 Å². The number of methoxy groups -OCH3 is 1.